The SMILES string of the molecule is CC[C@@H](O)[C@H]1CCC(C)(C)C1.S.S. The second-order valence-electron chi connectivity index (χ2n) is 4.64. The zero-order chi connectivity index (χ0) is 8.48. The van der Waals surface area contributed by atoms with Gasteiger partial charge in [-0.1, -0.05) is 20.8 Å². The molecule has 0 aromatic heterocycles. The third-order valence-corrected chi connectivity index (χ3v) is 2.97. The summed E-state index contributed by atoms with van der Waals surface area (Å²) in [4.78, 5) is 0. The molecule has 2 atom stereocenters. The molecule has 1 nitrogen and oxygen atoms in total. The van der Waals surface area contributed by atoms with Crippen molar-refractivity contribution in [2.75, 3.05) is 0 Å². The minimum absolute atomic E-state index is 0. The van der Waals surface area contributed by atoms with Gasteiger partial charge < -0.3 is 5.11 Å². The molecule has 0 aliphatic heterocycles. The van der Waals surface area contributed by atoms with E-state index in [0.717, 1.165) is 6.42 Å². The van der Waals surface area contributed by atoms with Gasteiger partial charge in [-0.3, -0.25) is 0 Å². The van der Waals surface area contributed by atoms with E-state index in [1.807, 2.05) is 0 Å². The Hall–Kier alpha value is 0.660. The van der Waals surface area contributed by atoms with Crippen LogP contribution in [0.1, 0.15) is 46.5 Å². The first-order valence-electron chi connectivity index (χ1n) is 4.73. The molecule has 0 aromatic rings. The maximum Gasteiger partial charge on any atom is 0.0566 e. The fraction of sp³-hybridized carbons (Fsp3) is 1.00. The van der Waals surface area contributed by atoms with E-state index in [9.17, 15) is 5.11 Å². The fourth-order valence-corrected chi connectivity index (χ4v) is 2.15. The molecule has 1 rings (SSSR count). The summed E-state index contributed by atoms with van der Waals surface area (Å²) in [5.41, 5.74) is 0.487. The second-order valence-corrected chi connectivity index (χ2v) is 4.64. The van der Waals surface area contributed by atoms with Gasteiger partial charge in [-0.05, 0) is 37.0 Å². The highest BCUT2D eigenvalue weighted by Crippen LogP contribution is 2.42. The molecule has 0 radical (unpaired) electrons. The van der Waals surface area contributed by atoms with E-state index in [2.05, 4.69) is 20.8 Å². The first-order chi connectivity index (χ1) is 5.05. The molecule has 1 saturated carbocycles. The number of rotatable bonds is 2. The van der Waals surface area contributed by atoms with Crippen molar-refractivity contribution < 1.29 is 5.11 Å². The average molecular weight is 224 g/mol. The number of aliphatic hydroxyl groups is 1. The van der Waals surface area contributed by atoms with Crippen LogP contribution in [0.5, 0.6) is 0 Å². The summed E-state index contributed by atoms with van der Waals surface area (Å²) in [5, 5.41) is 9.59. The largest absolute Gasteiger partial charge is 0.393 e. The van der Waals surface area contributed by atoms with Crippen LogP contribution in [0.3, 0.4) is 0 Å². The molecule has 3 heteroatoms. The number of hydrogen-bond donors (Lipinski definition) is 1. The summed E-state index contributed by atoms with van der Waals surface area (Å²) >= 11 is 0. The van der Waals surface area contributed by atoms with E-state index in [1.165, 1.54) is 19.3 Å². The molecular formula is C10H24OS2. The lowest BCUT2D eigenvalue weighted by atomic mass is 9.89. The van der Waals surface area contributed by atoms with Gasteiger partial charge in [0.25, 0.3) is 0 Å². The molecule has 0 saturated heterocycles. The van der Waals surface area contributed by atoms with Gasteiger partial charge in [0, 0.05) is 0 Å². The van der Waals surface area contributed by atoms with E-state index >= 15 is 0 Å². The van der Waals surface area contributed by atoms with Gasteiger partial charge in [-0.15, -0.1) is 0 Å². The molecule has 13 heavy (non-hydrogen) atoms. The van der Waals surface area contributed by atoms with Crippen LogP contribution in [0.25, 0.3) is 0 Å². The summed E-state index contributed by atoms with van der Waals surface area (Å²) in [6.45, 7) is 6.67. The van der Waals surface area contributed by atoms with Gasteiger partial charge in [0.2, 0.25) is 0 Å². The number of aliphatic hydroxyl groups excluding tert-OH is 1. The lowest BCUT2D eigenvalue weighted by molar-refractivity contribution is 0.101. The van der Waals surface area contributed by atoms with Gasteiger partial charge in [-0.2, -0.15) is 27.0 Å². The first-order valence-corrected chi connectivity index (χ1v) is 4.73. The Kier molecular flexibility index (Phi) is 7.68. The van der Waals surface area contributed by atoms with Crippen molar-refractivity contribution in [3.8, 4) is 0 Å². The molecule has 0 amide bonds. The molecule has 0 aromatic carbocycles. The Labute approximate surface area is 96.2 Å². The molecule has 0 spiro atoms. The van der Waals surface area contributed by atoms with Crippen molar-refractivity contribution in [2.24, 2.45) is 11.3 Å². The van der Waals surface area contributed by atoms with Crippen LogP contribution in [0.15, 0.2) is 0 Å². The van der Waals surface area contributed by atoms with Gasteiger partial charge in [0.1, 0.15) is 0 Å². The molecule has 1 fully saturated rings. The van der Waals surface area contributed by atoms with Crippen LogP contribution < -0.4 is 0 Å². The Morgan fingerprint density at radius 1 is 1.38 bits per heavy atom. The van der Waals surface area contributed by atoms with Crippen molar-refractivity contribution in [3.05, 3.63) is 0 Å². The van der Waals surface area contributed by atoms with Crippen LogP contribution in [-0.4, -0.2) is 11.2 Å². The third-order valence-electron chi connectivity index (χ3n) is 2.97. The minimum Gasteiger partial charge on any atom is -0.393 e. The van der Waals surface area contributed by atoms with Crippen molar-refractivity contribution >= 4 is 27.0 Å². The van der Waals surface area contributed by atoms with Crippen LogP contribution in [-0.2, 0) is 0 Å². The van der Waals surface area contributed by atoms with Crippen LogP contribution >= 0.6 is 27.0 Å². The standard InChI is InChI=1S/C10H20O.2H2S/c1-4-9(11)8-5-6-10(2,3)7-8;;/h8-9,11H,4-7H2,1-3H3;2*1H2/t8-,9+;;/m0../s1. The molecule has 0 heterocycles. The van der Waals surface area contributed by atoms with Crippen molar-refractivity contribution in [2.45, 2.75) is 52.6 Å². The summed E-state index contributed by atoms with van der Waals surface area (Å²) in [6.07, 6.45) is 4.59. The molecule has 0 unspecified atom stereocenters. The quantitative estimate of drug-likeness (QED) is 0.765. The average Bonchev–Trinajstić information content (AvgIpc) is 2.29. The molecule has 0 bridgehead atoms. The maximum absolute atomic E-state index is 9.59. The smallest absolute Gasteiger partial charge is 0.0566 e. The summed E-state index contributed by atoms with van der Waals surface area (Å²) < 4.78 is 0. The summed E-state index contributed by atoms with van der Waals surface area (Å²) in [6, 6.07) is 0. The van der Waals surface area contributed by atoms with Crippen LogP contribution in [0.2, 0.25) is 0 Å². The van der Waals surface area contributed by atoms with Gasteiger partial charge in [0.05, 0.1) is 6.10 Å². The van der Waals surface area contributed by atoms with E-state index in [0.29, 0.717) is 11.3 Å². The maximum atomic E-state index is 9.59. The van der Waals surface area contributed by atoms with E-state index < -0.39 is 0 Å². The fourth-order valence-electron chi connectivity index (χ4n) is 2.15. The number of hydrogen-bond acceptors (Lipinski definition) is 1. The second kappa shape index (κ2) is 6.20. The van der Waals surface area contributed by atoms with Gasteiger partial charge in [0.15, 0.2) is 0 Å². The van der Waals surface area contributed by atoms with Gasteiger partial charge in [-0.25, -0.2) is 0 Å². The topological polar surface area (TPSA) is 20.2 Å². The minimum atomic E-state index is -0.0447. The lowest BCUT2D eigenvalue weighted by Crippen LogP contribution is -2.17. The van der Waals surface area contributed by atoms with Crippen LogP contribution in [0.4, 0.5) is 0 Å². The Bertz CT molecular complexity index is 137. The highest BCUT2D eigenvalue weighted by molar-refractivity contribution is 7.59. The normalized spacial score (nSPS) is 27.2. The molecular weight excluding hydrogens is 200 g/mol. The Morgan fingerprint density at radius 2 is 1.92 bits per heavy atom. The first kappa shape index (κ1) is 16.1. The molecule has 82 valence electrons. The zero-order valence-electron chi connectivity index (χ0n) is 8.93. The summed E-state index contributed by atoms with van der Waals surface area (Å²) in [5.74, 6) is 0.579. The predicted molar refractivity (Wildman–Crippen MR) is 68.2 cm³/mol. The Morgan fingerprint density at radius 3 is 2.23 bits per heavy atom. The third kappa shape index (κ3) is 4.61. The van der Waals surface area contributed by atoms with Gasteiger partial charge >= 0.3 is 0 Å². The van der Waals surface area contributed by atoms with Crippen LogP contribution in [0, 0.1) is 11.3 Å². The van der Waals surface area contributed by atoms with Crippen molar-refractivity contribution in [1.29, 1.82) is 0 Å². The van der Waals surface area contributed by atoms with E-state index in [4.69, 9.17) is 0 Å². The van der Waals surface area contributed by atoms with E-state index in [1.54, 1.807) is 0 Å². The zero-order valence-corrected chi connectivity index (χ0v) is 10.9. The highest BCUT2D eigenvalue weighted by atomic mass is 32.1. The highest BCUT2D eigenvalue weighted by Gasteiger charge is 2.33. The summed E-state index contributed by atoms with van der Waals surface area (Å²) in [7, 11) is 0. The Balaban J connectivity index is 0. The van der Waals surface area contributed by atoms with Crippen molar-refractivity contribution in [1.82, 2.24) is 0 Å². The predicted octanol–water partition coefficient (Wildman–Crippen LogP) is 2.81. The van der Waals surface area contributed by atoms with Crippen molar-refractivity contribution in [3.63, 3.8) is 0 Å². The molecule has 1 aliphatic rings. The van der Waals surface area contributed by atoms with E-state index in [-0.39, 0.29) is 33.1 Å². The molecule has 1 N–H and O–H groups in total. The monoisotopic (exact) mass is 224 g/mol. The lowest BCUT2D eigenvalue weighted by Gasteiger charge is -2.19. The molecule has 1 aliphatic carbocycles.